The third kappa shape index (κ3) is 9.94. The first kappa shape index (κ1) is 36.2. The van der Waals surface area contributed by atoms with Crippen molar-refractivity contribution in [1.82, 2.24) is 0 Å². The number of hydrogen-bond acceptors (Lipinski definition) is 19. The van der Waals surface area contributed by atoms with Crippen LogP contribution in [0.1, 0.15) is 5.56 Å². The van der Waals surface area contributed by atoms with Crippen molar-refractivity contribution < 1.29 is 60.8 Å². The van der Waals surface area contributed by atoms with Gasteiger partial charge in [-0.2, -0.15) is 23.0 Å². The summed E-state index contributed by atoms with van der Waals surface area (Å²) in [5, 5.41) is 51.1. The van der Waals surface area contributed by atoms with Crippen LogP contribution in [0.15, 0.2) is 95.8 Å². The van der Waals surface area contributed by atoms with Gasteiger partial charge in [0.05, 0.1) is 63.8 Å². The molecule has 4 aromatic carbocycles. The summed E-state index contributed by atoms with van der Waals surface area (Å²) in [5.41, 5.74) is 6.94. The maximum Gasteiger partial charge on any atom is 0.296 e. The maximum atomic E-state index is 12.3. The number of phenolic OH excluding ortho intramolecular Hbond substituents is 1. The van der Waals surface area contributed by atoms with Crippen LogP contribution in [0.4, 0.5) is 28.4 Å². The molecule has 0 aromatic heterocycles. The Hall–Kier alpha value is -3.62. The molecular formula is C25H23N5O13S4. The van der Waals surface area contributed by atoms with Crippen molar-refractivity contribution in [1.29, 1.82) is 0 Å². The van der Waals surface area contributed by atoms with Crippen molar-refractivity contribution in [2.75, 3.05) is 18.1 Å². The number of nitrogens with two attached hydrogens (primary N) is 1. The number of anilines is 1. The van der Waals surface area contributed by atoms with Crippen LogP contribution in [-0.4, -0.2) is 45.2 Å². The SMILES string of the molecule is Cc1ccc(N=Nc2c(S(=O)(=O)O)cc3cc(SOOO)c(N=Nc4ccc(SOOCCS(=O)OOO)cc4)c(O)c3c2N)cc1. The number of benzene rings is 4. The number of nitrogen functional groups attached to an aromatic ring is 1. The molecule has 0 bridgehead atoms. The summed E-state index contributed by atoms with van der Waals surface area (Å²) in [4.78, 5) is 4.73. The van der Waals surface area contributed by atoms with E-state index in [1.54, 1.807) is 48.5 Å². The van der Waals surface area contributed by atoms with Crippen molar-refractivity contribution in [3.05, 3.63) is 66.2 Å². The van der Waals surface area contributed by atoms with E-state index in [1.165, 1.54) is 6.07 Å². The molecule has 6 N–H and O–H groups in total. The number of hydrogen-bond donors (Lipinski definition) is 5. The third-order valence-corrected chi connectivity index (χ3v) is 8.59. The lowest BCUT2D eigenvalue weighted by Gasteiger charge is -2.14. The van der Waals surface area contributed by atoms with Crippen molar-refractivity contribution in [3.8, 4) is 5.75 Å². The summed E-state index contributed by atoms with van der Waals surface area (Å²) in [6, 6.07) is 15.4. The van der Waals surface area contributed by atoms with Crippen LogP contribution in [0.3, 0.4) is 0 Å². The van der Waals surface area contributed by atoms with E-state index in [9.17, 15) is 22.3 Å². The second kappa shape index (κ2) is 17.0. The highest BCUT2D eigenvalue weighted by Gasteiger charge is 2.25. The van der Waals surface area contributed by atoms with Gasteiger partial charge in [-0.05, 0) is 60.8 Å². The molecular weight excluding hydrogens is 707 g/mol. The zero-order valence-corrected chi connectivity index (χ0v) is 26.9. The fraction of sp³-hybridized carbons (Fsp3) is 0.120. The van der Waals surface area contributed by atoms with Crippen molar-refractivity contribution in [3.63, 3.8) is 0 Å². The normalized spacial score (nSPS) is 12.9. The van der Waals surface area contributed by atoms with Gasteiger partial charge in [-0.15, -0.1) is 18.9 Å². The largest absolute Gasteiger partial charge is 0.505 e. The van der Waals surface area contributed by atoms with Crippen molar-refractivity contribution in [2.24, 2.45) is 20.5 Å². The summed E-state index contributed by atoms with van der Waals surface area (Å²) >= 11 is -0.694. The lowest BCUT2D eigenvalue weighted by atomic mass is 10.1. The Kier molecular flexibility index (Phi) is 13.1. The first-order valence-electron chi connectivity index (χ1n) is 12.6. The summed E-state index contributed by atoms with van der Waals surface area (Å²) in [6.45, 7) is 1.74. The summed E-state index contributed by atoms with van der Waals surface area (Å²) in [5.74, 6) is -0.708. The van der Waals surface area contributed by atoms with Crippen molar-refractivity contribution >= 4 is 84.5 Å². The summed E-state index contributed by atoms with van der Waals surface area (Å²) in [7, 11) is -4.88. The van der Waals surface area contributed by atoms with Gasteiger partial charge >= 0.3 is 0 Å². The molecule has 0 amide bonds. The van der Waals surface area contributed by atoms with Gasteiger partial charge in [-0.3, -0.25) is 4.55 Å². The molecule has 22 heteroatoms. The van der Waals surface area contributed by atoms with Gasteiger partial charge in [-0.1, -0.05) is 27.8 Å². The van der Waals surface area contributed by atoms with Gasteiger partial charge in [0.2, 0.25) is 0 Å². The Morgan fingerprint density at radius 3 is 2.13 bits per heavy atom. The molecule has 4 aromatic rings. The first-order valence-corrected chi connectivity index (χ1v) is 16.8. The molecule has 47 heavy (non-hydrogen) atoms. The maximum absolute atomic E-state index is 12.3. The standard InChI is InChI=1S/C25H23N5O13S4/c1-14-2-4-16(5-3-14)28-30-24-20(47(35,36)37)13-15-12-19(45-42-39-32)23(25(31)21(15)22(24)26)29-27-17-6-8-18(9-7-17)44-41-38-10-11-46(34)43-40-33/h2-9,12-13,31-33H,10-11,26H2,1H3,(H,35,36,37). The molecule has 0 aliphatic rings. The van der Waals surface area contributed by atoms with Gasteiger partial charge in [0.25, 0.3) is 10.1 Å². The fourth-order valence-corrected chi connectivity index (χ4v) is 5.63. The van der Waals surface area contributed by atoms with Gasteiger partial charge in [0, 0.05) is 4.90 Å². The monoisotopic (exact) mass is 729 g/mol. The molecule has 0 heterocycles. The van der Waals surface area contributed by atoms with Crippen molar-refractivity contribution in [2.45, 2.75) is 21.6 Å². The van der Waals surface area contributed by atoms with Crippen LogP contribution in [0.25, 0.3) is 10.8 Å². The molecule has 1 atom stereocenters. The van der Waals surface area contributed by atoms with Crippen LogP contribution in [-0.2, 0) is 49.2 Å². The van der Waals surface area contributed by atoms with Gasteiger partial charge in [-0.25, -0.2) is 19.6 Å². The van der Waals surface area contributed by atoms with E-state index in [1.807, 2.05) is 6.92 Å². The molecule has 250 valence electrons. The average molecular weight is 730 g/mol. The third-order valence-electron chi connectivity index (χ3n) is 5.77. The minimum absolute atomic E-state index is 0.00266. The molecule has 1 unspecified atom stereocenters. The van der Waals surface area contributed by atoms with E-state index in [2.05, 4.69) is 39.2 Å². The van der Waals surface area contributed by atoms with E-state index in [-0.39, 0.29) is 39.4 Å². The second-order valence-corrected chi connectivity index (χ2v) is 12.9. The predicted octanol–water partition coefficient (Wildman–Crippen LogP) is 6.98. The number of fused-ring (bicyclic) bond motifs is 1. The summed E-state index contributed by atoms with van der Waals surface area (Å²) < 4.78 is 59.1. The lowest BCUT2D eigenvalue weighted by Crippen LogP contribution is -2.07. The predicted molar refractivity (Wildman–Crippen MR) is 167 cm³/mol. The Morgan fingerprint density at radius 1 is 0.872 bits per heavy atom. The van der Waals surface area contributed by atoms with Crippen LogP contribution in [0, 0.1) is 6.92 Å². The minimum atomic E-state index is -4.88. The molecule has 0 aliphatic heterocycles. The number of aromatic hydroxyl groups is 1. The molecule has 0 fully saturated rings. The van der Waals surface area contributed by atoms with Crippen LogP contribution < -0.4 is 5.73 Å². The van der Waals surface area contributed by atoms with Crippen LogP contribution >= 0.6 is 24.1 Å². The van der Waals surface area contributed by atoms with Gasteiger partial charge in [0.1, 0.15) is 16.3 Å². The minimum Gasteiger partial charge on any atom is -0.505 e. The average Bonchev–Trinajstić information content (AvgIpc) is 3.03. The van der Waals surface area contributed by atoms with Gasteiger partial charge < -0.3 is 10.8 Å². The number of rotatable bonds is 16. The summed E-state index contributed by atoms with van der Waals surface area (Å²) in [6.07, 6.45) is 0. The topological polar surface area (TPSA) is 263 Å². The number of aryl methyl sites for hydroxylation is 1. The Bertz CT molecular complexity index is 1900. The molecule has 0 saturated heterocycles. The lowest BCUT2D eigenvalue weighted by molar-refractivity contribution is -0.435. The van der Waals surface area contributed by atoms with E-state index < -0.39 is 37.5 Å². The first-order chi connectivity index (χ1) is 22.5. The van der Waals surface area contributed by atoms with Crippen LogP contribution in [0.2, 0.25) is 0 Å². The Morgan fingerprint density at radius 2 is 1.51 bits per heavy atom. The van der Waals surface area contributed by atoms with E-state index >= 15 is 0 Å². The van der Waals surface area contributed by atoms with Crippen LogP contribution in [0.5, 0.6) is 5.75 Å². The van der Waals surface area contributed by atoms with E-state index in [0.29, 0.717) is 28.3 Å². The highest BCUT2D eigenvalue weighted by atomic mass is 32.2. The molecule has 0 saturated carbocycles. The number of azo groups is 2. The molecule has 4 rings (SSSR count). The number of phenols is 1. The molecule has 0 aliphatic carbocycles. The molecule has 18 nitrogen and oxygen atoms in total. The highest BCUT2D eigenvalue weighted by molar-refractivity contribution is 7.95. The Labute approximate surface area is 276 Å². The molecule has 0 spiro atoms. The Balaban J connectivity index is 1.65. The van der Waals surface area contributed by atoms with E-state index in [4.69, 9.17) is 25.5 Å². The quantitative estimate of drug-likeness (QED) is 0.0148. The zero-order valence-electron chi connectivity index (χ0n) is 23.7. The second-order valence-electron chi connectivity index (χ2n) is 8.86. The zero-order chi connectivity index (χ0) is 34.0. The smallest absolute Gasteiger partial charge is 0.296 e. The van der Waals surface area contributed by atoms with E-state index in [0.717, 1.165) is 23.7 Å². The highest BCUT2D eigenvalue weighted by Crippen LogP contribution is 2.49. The molecule has 0 radical (unpaired) electrons. The fourth-order valence-electron chi connectivity index (χ4n) is 3.69. The number of nitrogens with zero attached hydrogens (tertiary/aromatic N) is 4. The van der Waals surface area contributed by atoms with Gasteiger partial charge in [0.15, 0.2) is 16.8 Å².